The minimum absolute atomic E-state index is 0.000430. The highest BCUT2D eigenvalue weighted by atomic mass is 16.3. The molecule has 0 fully saturated rings. The van der Waals surface area contributed by atoms with E-state index in [0.29, 0.717) is 38.9 Å². The Morgan fingerprint density at radius 1 is 1.09 bits per heavy atom. The van der Waals surface area contributed by atoms with Crippen LogP contribution in [0.4, 0.5) is 0 Å². The molecule has 0 saturated heterocycles. The van der Waals surface area contributed by atoms with Crippen molar-refractivity contribution in [1.29, 1.82) is 0 Å². The molecule has 1 aromatic carbocycles. The lowest BCUT2D eigenvalue weighted by Gasteiger charge is -2.07. The van der Waals surface area contributed by atoms with Crippen molar-refractivity contribution < 1.29 is 17.2 Å². The topological polar surface area (TPSA) is 29.9 Å². The highest BCUT2D eigenvalue weighted by Crippen LogP contribution is 2.37. The summed E-state index contributed by atoms with van der Waals surface area (Å²) in [7, 11) is 1.75. The summed E-state index contributed by atoms with van der Waals surface area (Å²) in [6, 6.07) is 10.5. The van der Waals surface area contributed by atoms with Gasteiger partial charge in [-0.2, -0.15) is 0 Å². The first kappa shape index (κ1) is 8.82. The number of aromatic nitrogens is 2. The van der Waals surface area contributed by atoms with Gasteiger partial charge < -0.3 is 4.42 Å². The second-order valence-electron chi connectivity index (χ2n) is 5.64. The van der Waals surface area contributed by atoms with E-state index in [1.54, 1.807) is 42.9 Å². The minimum atomic E-state index is -2.40. The largest absolute Gasteiger partial charge is 0.455 e. The number of hydrogen-bond donors (Lipinski definition) is 0. The van der Waals surface area contributed by atoms with Crippen LogP contribution in [-0.4, -0.2) is 4.98 Å². The molecule has 0 aliphatic heterocycles. The number of rotatable bonds is 1. The monoisotopic (exact) mass is 309 g/mol. The number of furan rings is 1. The molecule has 0 aliphatic rings. The van der Waals surface area contributed by atoms with E-state index in [0.717, 1.165) is 0 Å². The van der Waals surface area contributed by atoms with Crippen molar-refractivity contribution in [3.05, 3.63) is 59.5 Å². The van der Waals surface area contributed by atoms with E-state index in [4.69, 9.17) is 12.6 Å². The molecular weight excluding hydrogens is 284 g/mol. The number of fused-ring (bicyclic) bond motifs is 3. The van der Waals surface area contributed by atoms with Gasteiger partial charge in [-0.25, -0.2) is 4.57 Å². The van der Waals surface area contributed by atoms with Gasteiger partial charge in [0.25, 0.3) is 0 Å². The summed E-state index contributed by atoms with van der Waals surface area (Å²) in [5, 5.41) is 1.14. The van der Waals surface area contributed by atoms with E-state index >= 15 is 0 Å². The standard InChI is InChI=1S/C20H19N2O/c1-12-9-10-16(22(4)11-12)19-14(3)21-13(2)18-15-7-5-6-8-17(15)23-20(18)19/h5-11H,1-4H3/q+1/i1D3,2D3. The average molecular weight is 309 g/mol. The summed E-state index contributed by atoms with van der Waals surface area (Å²) in [5.74, 6) is 0. The van der Waals surface area contributed by atoms with Crippen LogP contribution in [0.1, 0.15) is 25.2 Å². The molecule has 114 valence electrons. The predicted molar refractivity (Wildman–Crippen MR) is 92.3 cm³/mol. The maximum Gasteiger partial charge on any atom is 0.217 e. The smallest absolute Gasteiger partial charge is 0.217 e. The van der Waals surface area contributed by atoms with Gasteiger partial charge in [0.15, 0.2) is 11.8 Å². The van der Waals surface area contributed by atoms with Gasteiger partial charge >= 0.3 is 0 Å². The number of nitrogens with zero attached hydrogens (tertiary/aromatic N) is 2. The van der Waals surface area contributed by atoms with Crippen LogP contribution in [0.25, 0.3) is 33.2 Å². The van der Waals surface area contributed by atoms with Crippen molar-refractivity contribution in [3.8, 4) is 11.3 Å². The van der Waals surface area contributed by atoms with Gasteiger partial charge in [0.1, 0.15) is 18.2 Å². The molecule has 0 bridgehead atoms. The van der Waals surface area contributed by atoms with Crippen molar-refractivity contribution in [2.45, 2.75) is 20.6 Å². The number of benzene rings is 1. The summed E-state index contributed by atoms with van der Waals surface area (Å²) in [6.07, 6.45) is 1.55. The van der Waals surface area contributed by atoms with Crippen molar-refractivity contribution in [1.82, 2.24) is 4.98 Å². The van der Waals surface area contributed by atoms with E-state index in [1.165, 1.54) is 0 Å². The number of hydrogen-bond acceptors (Lipinski definition) is 2. The van der Waals surface area contributed by atoms with E-state index in [1.807, 2.05) is 18.2 Å². The Morgan fingerprint density at radius 3 is 2.74 bits per heavy atom. The molecule has 4 rings (SSSR count). The van der Waals surface area contributed by atoms with E-state index < -0.39 is 13.7 Å². The summed E-state index contributed by atoms with van der Waals surface area (Å²) in [5.41, 5.74) is 3.05. The zero-order valence-electron chi connectivity index (χ0n) is 18.8. The Kier molecular flexibility index (Phi) is 1.89. The van der Waals surface area contributed by atoms with Gasteiger partial charge in [0.2, 0.25) is 5.69 Å². The normalized spacial score (nSPS) is 16.4. The molecule has 0 spiro atoms. The van der Waals surface area contributed by atoms with E-state index in [9.17, 15) is 0 Å². The summed E-state index contributed by atoms with van der Waals surface area (Å²) >= 11 is 0. The third-order valence-electron chi connectivity index (χ3n) is 4.09. The van der Waals surface area contributed by atoms with E-state index in [2.05, 4.69) is 4.98 Å². The molecule has 3 nitrogen and oxygen atoms in total. The van der Waals surface area contributed by atoms with E-state index in [-0.39, 0.29) is 11.3 Å². The Bertz CT molecular complexity index is 1250. The van der Waals surface area contributed by atoms with Crippen LogP contribution in [0.5, 0.6) is 0 Å². The van der Waals surface area contributed by atoms with Crippen LogP contribution in [0.3, 0.4) is 0 Å². The van der Waals surface area contributed by atoms with Gasteiger partial charge in [0.05, 0.1) is 11.1 Å². The maximum atomic E-state index is 7.94. The zero-order valence-corrected chi connectivity index (χ0v) is 12.8. The van der Waals surface area contributed by atoms with Gasteiger partial charge in [-0.1, -0.05) is 18.2 Å². The molecule has 4 aromatic rings. The Hall–Kier alpha value is -2.68. The van der Waals surface area contributed by atoms with Crippen LogP contribution in [0, 0.1) is 20.6 Å². The zero-order chi connectivity index (χ0) is 21.1. The number of pyridine rings is 2. The first-order valence-corrected chi connectivity index (χ1v) is 7.31. The molecular formula is C20H19N2O+. The lowest BCUT2D eigenvalue weighted by Crippen LogP contribution is -2.31. The molecule has 0 aliphatic carbocycles. The third-order valence-corrected chi connectivity index (χ3v) is 4.09. The van der Waals surface area contributed by atoms with Crippen LogP contribution >= 0.6 is 0 Å². The number of para-hydroxylation sites is 1. The second-order valence-corrected chi connectivity index (χ2v) is 5.64. The van der Waals surface area contributed by atoms with Crippen LogP contribution in [0.2, 0.25) is 0 Å². The lowest BCUT2D eigenvalue weighted by atomic mass is 10.0. The molecule has 3 aromatic heterocycles. The Morgan fingerprint density at radius 2 is 1.96 bits per heavy atom. The fraction of sp³-hybridized carbons (Fsp3) is 0.200. The summed E-state index contributed by atoms with van der Waals surface area (Å²) in [6.45, 7) is -2.89. The lowest BCUT2D eigenvalue weighted by molar-refractivity contribution is -0.660. The molecule has 0 amide bonds. The quantitative estimate of drug-likeness (QED) is 0.488. The van der Waals surface area contributed by atoms with Crippen molar-refractivity contribution in [2.24, 2.45) is 7.05 Å². The SMILES string of the molecule is [2H]C([2H])([2H])c1ccc(-c2c(C)nc(C([2H])([2H])[2H])c3c2oc2ccccc23)[n+](C)c1. The average Bonchev–Trinajstić information content (AvgIpc) is 2.99. The van der Waals surface area contributed by atoms with Crippen LogP contribution in [-0.2, 0) is 7.05 Å². The molecule has 0 radical (unpaired) electrons. The highest BCUT2D eigenvalue weighted by Gasteiger charge is 2.22. The third kappa shape index (κ3) is 2.04. The van der Waals surface area contributed by atoms with Crippen LogP contribution in [0.15, 0.2) is 47.0 Å². The molecule has 0 atom stereocenters. The fourth-order valence-corrected chi connectivity index (χ4v) is 3.07. The first-order chi connectivity index (χ1) is 13.5. The van der Waals surface area contributed by atoms with Crippen molar-refractivity contribution in [3.63, 3.8) is 0 Å². The van der Waals surface area contributed by atoms with Gasteiger partial charge in [-0.05, 0) is 32.8 Å². The molecule has 23 heavy (non-hydrogen) atoms. The van der Waals surface area contributed by atoms with Crippen molar-refractivity contribution in [2.75, 3.05) is 0 Å². The molecule has 0 unspecified atom stereocenters. The van der Waals surface area contributed by atoms with Gasteiger partial charge in [-0.15, -0.1) is 0 Å². The molecule has 3 heteroatoms. The van der Waals surface area contributed by atoms with Crippen molar-refractivity contribution >= 4 is 21.9 Å². The maximum absolute atomic E-state index is 7.94. The molecule has 0 N–H and O–H groups in total. The van der Waals surface area contributed by atoms with Crippen LogP contribution < -0.4 is 4.57 Å². The Balaban J connectivity index is 2.11. The molecule has 3 heterocycles. The summed E-state index contributed by atoms with van der Waals surface area (Å²) in [4.78, 5) is 4.44. The first-order valence-electron chi connectivity index (χ1n) is 10.3. The van der Waals surface area contributed by atoms with Gasteiger partial charge in [0, 0.05) is 30.9 Å². The van der Waals surface area contributed by atoms with Gasteiger partial charge in [-0.3, -0.25) is 4.98 Å². The Labute approximate surface area is 143 Å². The second kappa shape index (κ2) is 4.92. The highest BCUT2D eigenvalue weighted by molar-refractivity contribution is 6.10. The molecule has 0 saturated carbocycles. The fourth-order valence-electron chi connectivity index (χ4n) is 3.07. The summed E-state index contributed by atoms with van der Waals surface area (Å²) < 4.78 is 54.5. The minimum Gasteiger partial charge on any atom is -0.455 e. The number of aryl methyl sites for hydroxylation is 4. The predicted octanol–water partition coefficient (Wildman–Crippen LogP) is 4.40.